The van der Waals surface area contributed by atoms with Gasteiger partial charge < -0.3 is 24.0 Å². The first-order valence-electron chi connectivity index (χ1n) is 12.1. The van der Waals surface area contributed by atoms with Gasteiger partial charge in [0.25, 0.3) is 0 Å². The molecule has 8 nitrogen and oxygen atoms in total. The first-order chi connectivity index (χ1) is 17.2. The molecule has 1 aliphatic rings. The summed E-state index contributed by atoms with van der Waals surface area (Å²) in [5, 5.41) is 10.9. The second-order valence-electron chi connectivity index (χ2n) is 8.70. The number of ether oxygens (including phenoxy) is 2. The molecule has 0 aromatic heterocycles. The van der Waals surface area contributed by atoms with Gasteiger partial charge in [0.15, 0.2) is 7.95 Å². The predicted molar refractivity (Wildman–Crippen MR) is 138 cm³/mol. The molecule has 9 heteroatoms. The van der Waals surface area contributed by atoms with Crippen molar-refractivity contribution in [2.75, 3.05) is 12.8 Å². The lowest BCUT2D eigenvalue weighted by atomic mass is 9.89. The Hall–Kier alpha value is -3.09. The Morgan fingerprint density at radius 1 is 1.25 bits per heavy atom. The molecule has 0 fully saturated rings. The monoisotopic (exact) mass is 515 g/mol. The predicted octanol–water partition coefficient (Wildman–Crippen LogP) is 5.14. The fourth-order valence-corrected chi connectivity index (χ4v) is 5.83. The molecule has 2 atom stereocenters. The number of phenols is 1. The van der Waals surface area contributed by atoms with Gasteiger partial charge in [-0.1, -0.05) is 41.6 Å². The van der Waals surface area contributed by atoms with Crippen molar-refractivity contribution in [1.82, 2.24) is 4.83 Å². The van der Waals surface area contributed by atoms with Gasteiger partial charge in [-0.25, -0.2) is 4.79 Å². The highest BCUT2D eigenvalue weighted by Gasteiger charge is 2.31. The molecule has 1 heterocycles. The molecular formula is C27H34NO7P. The number of rotatable bonds is 11. The minimum Gasteiger partial charge on any atom is -0.507 e. The number of phenolic OH excluding ortho intramolecular Hbond substituents is 1. The molecule has 194 valence electrons. The van der Waals surface area contributed by atoms with Crippen molar-refractivity contribution >= 4 is 19.9 Å². The molecule has 0 aliphatic carbocycles. The fraction of sp³-hybridized carbons (Fsp3) is 0.407. The van der Waals surface area contributed by atoms with Crippen LogP contribution in [0.3, 0.4) is 0 Å². The number of nitrogens with zero attached hydrogens (tertiary/aromatic N) is 1. The topological polar surface area (TPSA) is 102 Å². The molecule has 1 aliphatic heterocycles. The lowest BCUT2D eigenvalue weighted by Gasteiger charge is -2.26. The maximum atomic E-state index is 13.4. The molecule has 2 aromatic rings. The van der Waals surface area contributed by atoms with Crippen molar-refractivity contribution in [3.05, 3.63) is 69.8 Å². The van der Waals surface area contributed by atoms with Gasteiger partial charge in [0, 0.05) is 17.3 Å². The molecule has 0 amide bonds. The Bertz CT molecular complexity index is 1180. The minimum atomic E-state index is -2.59. The smallest absolute Gasteiger partial charge is 0.342 e. The van der Waals surface area contributed by atoms with Gasteiger partial charge >= 0.3 is 11.9 Å². The van der Waals surface area contributed by atoms with E-state index in [2.05, 4.69) is 0 Å². The third-order valence-corrected chi connectivity index (χ3v) is 8.09. The summed E-state index contributed by atoms with van der Waals surface area (Å²) < 4.78 is 23.6. The Morgan fingerprint density at radius 2 is 1.94 bits per heavy atom. The van der Waals surface area contributed by atoms with E-state index in [1.807, 2.05) is 32.9 Å². The first kappa shape index (κ1) is 27.5. The third-order valence-electron chi connectivity index (χ3n) is 6.26. The second kappa shape index (κ2) is 12.2. The largest absolute Gasteiger partial charge is 0.507 e. The number of para-hydroxylation sites is 1. The van der Waals surface area contributed by atoms with E-state index in [9.17, 15) is 19.3 Å². The van der Waals surface area contributed by atoms with Crippen molar-refractivity contribution in [2.24, 2.45) is 0 Å². The number of cyclic esters (lactones) is 1. The molecule has 0 radical (unpaired) electrons. The van der Waals surface area contributed by atoms with Gasteiger partial charge in [0.05, 0.1) is 6.61 Å². The van der Waals surface area contributed by atoms with E-state index < -0.39 is 25.9 Å². The van der Waals surface area contributed by atoms with Crippen LogP contribution < -0.4 is 4.84 Å². The highest BCUT2D eigenvalue weighted by Crippen LogP contribution is 2.39. The number of fused-ring (bicyclic) bond motifs is 1. The summed E-state index contributed by atoms with van der Waals surface area (Å²) in [5.41, 5.74) is 4.39. The Kier molecular flexibility index (Phi) is 9.35. The van der Waals surface area contributed by atoms with Crippen LogP contribution in [0.15, 0.2) is 42.0 Å². The van der Waals surface area contributed by atoms with Crippen LogP contribution in [0.2, 0.25) is 0 Å². The highest BCUT2D eigenvalue weighted by molar-refractivity contribution is 7.42. The number of hydrogen-bond acceptors (Lipinski definition) is 7. The molecule has 0 spiro atoms. The number of benzene rings is 2. The number of hydroxylamine groups is 1. The van der Waals surface area contributed by atoms with Crippen molar-refractivity contribution in [1.29, 1.82) is 0 Å². The number of hydrogen-bond donors (Lipinski definition) is 1. The standard InChI is InChI=1S/C27H34NO7P/c1-6-21-18(4)23-15-34-27(31)24(23)25(29)22(21)14-13-17(3)16-36(32)28(19(5)26(30)33-7-2)35-20-11-9-8-10-12-20/h8-13,19,29,36H,6-7,14-16H2,1-5H3. The summed E-state index contributed by atoms with van der Waals surface area (Å²) in [5.74, 6) is -0.614. The number of esters is 2. The van der Waals surface area contributed by atoms with E-state index in [1.165, 1.54) is 4.83 Å². The van der Waals surface area contributed by atoms with Gasteiger partial charge in [-0.15, -0.1) is 0 Å². The van der Waals surface area contributed by atoms with E-state index in [-0.39, 0.29) is 30.7 Å². The molecule has 1 N–H and O–H groups in total. The second-order valence-corrected chi connectivity index (χ2v) is 10.3. The van der Waals surface area contributed by atoms with Crippen LogP contribution in [0.4, 0.5) is 0 Å². The molecule has 36 heavy (non-hydrogen) atoms. The van der Waals surface area contributed by atoms with Gasteiger partial charge in [0.1, 0.15) is 29.7 Å². The van der Waals surface area contributed by atoms with Gasteiger partial charge in [-0.3, -0.25) is 4.79 Å². The fourth-order valence-electron chi connectivity index (χ4n) is 4.31. The van der Waals surface area contributed by atoms with E-state index in [0.29, 0.717) is 24.2 Å². The first-order valence-corrected chi connectivity index (χ1v) is 13.7. The number of allylic oxidation sites excluding steroid dienone is 2. The van der Waals surface area contributed by atoms with Crippen LogP contribution in [0, 0.1) is 6.92 Å². The number of carbonyl (C=O) groups is 2. The molecule has 0 saturated carbocycles. The average Bonchev–Trinajstić information content (AvgIpc) is 3.26. The maximum Gasteiger partial charge on any atom is 0.342 e. The summed E-state index contributed by atoms with van der Waals surface area (Å²) in [6, 6.07) is 7.99. The normalized spacial score (nSPS) is 14.8. The number of aromatic hydroxyl groups is 1. The number of carbonyl (C=O) groups excluding carboxylic acids is 2. The van der Waals surface area contributed by atoms with E-state index in [0.717, 1.165) is 22.3 Å². The van der Waals surface area contributed by atoms with E-state index in [4.69, 9.17) is 14.3 Å². The molecule has 0 saturated heterocycles. The molecule has 0 bridgehead atoms. The summed E-state index contributed by atoms with van der Waals surface area (Å²) in [6.07, 6.45) is 3.12. The Morgan fingerprint density at radius 3 is 2.58 bits per heavy atom. The zero-order chi connectivity index (χ0) is 26.4. The zero-order valence-corrected chi connectivity index (χ0v) is 22.4. The summed E-state index contributed by atoms with van der Waals surface area (Å²) in [4.78, 5) is 31.6. The lowest BCUT2D eigenvalue weighted by molar-refractivity contribution is -0.153. The average molecular weight is 516 g/mol. The SMILES string of the molecule is CCOC(=O)C(C)N(Oc1ccccc1)[PH](=O)CC(C)=CCc1c(O)c2c(c(C)c1CC)COC2=O. The van der Waals surface area contributed by atoms with Gasteiger partial charge in [0.2, 0.25) is 0 Å². The summed E-state index contributed by atoms with van der Waals surface area (Å²) in [6.45, 7) is 9.47. The zero-order valence-electron chi connectivity index (χ0n) is 21.4. The van der Waals surface area contributed by atoms with Crippen molar-refractivity contribution in [3.8, 4) is 11.5 Å². The summed E-state index contributed by atoms with van der Waals surface area (Å²) >= 11 is 0. The van der Waals surface area contributed by atoms with Crippen LogP contribution in [0.25, 0.3) is 0 Å². The van der Waals surface area contributed by atoms with Crippen LogP contribution in [-0.2, 0) is 38.3 Å². The quantitative estimate of drug-likeness (QED) is 0.190. The molecule has 3 rings (SSSR count). The van der Waals surface area contributed by atoms with Crippen LogP contribution in [-0.4, -0.2) is 40.7 Å². The van der Waals surface area contributed by atoms with E-state index >= 15 is 0 Å². The van der Waals surface area contributed by atoms with Crippen molar-refractivity contribution < 1.29 is 33.6 Å². The Labute approximate surface area is 212 Å². The molecule has 2 unspecified atom stereocenters. The highest BCUT2D eigenvalue weighted by atomic mass is 31.1. The van der Waals surface area contributed by atoms with Crippen molar-refractivity contribution in [2.45, 2.75) is 60.1 Å². The minimum absolute atomic E-state index is 0.0448. The van der Waals surface area contributed by atoms with Crippen LogP contribution >= 0.6 is 7.95 Å². The van der Waals surface area contributed by atoms with Crippen molar-refractivity contribution in [3.63, 3.8) is 0 Å². The summed E-state index contributed by atoms with van der Waals surface area (Å²) in [7, 11) is -2.59. The van der Waals surface area contributed by atoms with E-state index in [1.54, 1.807) is 38.1 Å². The third kappa shape index (κ3) is 6.00. The van der Waals surface area contributed by atoms with Gasteiger partial charge in [-0.05, 0) is 63.8 Å². The van der Waals surface area contributed by atoms with Crippen LogP contribution in [0.1, 0.15) is 60.3 Å². The Balaban J connectivity index is 1.82. The lowest BCUT2D eigenvalue weighted by Crippen LogP contribution is -2.38. The molecular weight excluding hydrogens is 481 g/mol. The maximum absolute atomic E-state index is 13.4. The van der Waals surface area contributed by atoms with Gasteiger partial charge in [-0.2, -0.15) is 0 Å². The van der Waals surface area contributed by atoms with Crippen LogP contribution in [0.5, 0.6) is 11.5 Å². The molecule has 2 aromatic carbocycles.